The lowest BCUT2D eigenvalue weighted by Gasteiger charge is -2.31. The summed E-state index contributed by atoms with van der Waals surface area (Å²) >= 11 is 1.56. The Morgan fingerprint density at radius 1 is 1.23 bits per heavy atom. The van der Waals surface area contributed by atoms with E-state index in [9.17, 15) is 19.2 Å². The Hall–Kier alpha value is -1.77. The van der Waals surface area contributed by atoms with Crippen LogP contribution in [0.2, 0.25) is 0 Å². The van der Waals surface area contributed by atoms with Crippen LogP contribution < -0.4 is 16.4 Å². The topological polar surface area (TPSA) is 122 Å². The monoisotopic (exact) mass is 386 g/mol. The predicted octanol–water partition coefficient (Wildman–Crippen LogP) is -0.139. The highest BCUT2D eigenvalue weighted by molar-refractivity contribution is 7.98. The molecule has 0 bridgehead atoms. The number of primary amides is 1. The van der Waals surface area contributed by atoms with Crippen molar-refractivity contribution in [1.29, 1.82) is 0 Å². The summed E-state index contributed by atoms with van der Waals surface area (Å²) in [5.74, 6) is -0.918. The van der Waals surface area contributed by atoms with Gasteiger partial charge in [-0.2, -0.15) is 11.8 Å². The summed E-state index contributed by atoms with van der Waals surface area (Å²) in [5, 5.41) is 5.34. The van der Waals surface area contributed by atoms with E-state index in [2.05, 4.69) is 10.6 Å². The van der Waals surface area contributed by atoms with Crippen LogP contribution >= 0.6 is 11.8 Å². The smallest absolute Gasteiger partial charge is 0.246 e. The first-order valence-electron chi connectivity index (χ1n) is 8.85. The maximum Gasteiger partial charge on any atom is 0.246 e. The standard InChI is InChI=1S/C17H30N4O4S/c1-10(2)14(19-11(3)22)17(25)21-8-5-6-13(21)16(24)20-12(15(18)23)7-9-26-4/h10,12-14H,5-9H2,1-4H3,(H2,18,23)(H,19,22)(H,20,24)/t12-,13-,14-/m0/s1. The summed E-state index contributed by atoms with van der Waals surface area (Å²) in [6.07, 6.45) is 3.58. The van der Waals surface area contributed by atoms with E-state index in [4.69, 9.17) is 5.73 Å². The molecule has 1 aliphatic heterocycles. The Balaban J connectivity index is 2.84. The van der Waals surface area contributed by atoms with Gasteiger partial charge in [-0.05, 0) is 37.2 Å². The fraction of sp³-hybridized carbons (Fsp3) is 0.765. The van der Waals surface area contributed by atoms with Crippen molar-refractivity contribution in [3.63, 3.8) is 0 Å². The number of carbonyl (C=O) groups excluding carboxylic acids is 4. The second kappa shape index (κ2) is 10.4. The van der Waals surface area contributed by atoms with Crippen molar-refractivity contribution in [3.05, 3.63) is 0 Å². The molecule has 26 heavy (non-hydrogen) atoms. The molecule has 1 aliphatic rings. The van der Waals surface area contributed by atoms with Crippen molar-refractivity contribution >= 4 is 35.4 Å². The average Bonchev–Trinajstić information content (AvgIpc) is 3.04. The zero-order chi connectivity index (χ0) is 19.9. The van der Waals surface area contributed by atoms with Crippen LogP contribution in [-0.2, 0) is 19.2 Å². The zero-order valence-electron chi connectivity index (χ0n) is 15.9. The number of hydrogen-bond acceptors (Lipinski definition) is 5. The van der Waals surface area contributed by atoms with Gasteiger partial charge in [0.25, 0.3) is 0 Å². The first kappa shape index (κ1) is 22.3. The third-order valence-electron chi connectivity index (χ3n) is 4.40. The third kappa shape index (κ3) is 6.19. The number of thioether (sulfide) groups is 1. The first-order valence-corrected chi connectivity index (χ1v) is 10.2. The minimum Gasteiger partial charge on any atom is -0.368 e. The van der Waals surface area contributed by atoms with E-state index >= 15 is 0 Å². The number of rotatable bonds is 9. The quantitative estimate of drug-likeness (QED) is 0.509. The normalized spacial score (nSPS) is 19.1. The Kier molecular flexibility index (Phi) is 8.91. The molecule has 8 nitrogen and oxygen atoms in total. The molecule has 148 valence electrons. The van der Waals surface area contributed by atoms with Crippen LogP contribution in [0.4, 0.5) is 0 Å². The van der Waals surface area contributed by atoms with E-state index < -0.39 is 24.0 Å². The highest BCUT2D eigenvalue weighted by atomic mass is 32.2. The van der Waals surface area contributed by atoms with Crippen molar-refractivity contribution in [2.24, 2.45) is 11.7 Å². The van der Waals surface area contributed by atoms with Gasteiger partial charge in [-0.15, -0.1) is 0 Å². The van der Waals surface area contributed by atoms with Gasteiger partial charge in [0, 0.05) is 13.5 Å². The summed E-state index contributed by atoms with van der Waals surface area (Å²) in [6, 6.07) is -2.07. The molecular formula is C17H30N4O4S. The minimum atomic E-state index is -0.747. The molecule has 4 amide bonds. The van der Waals surface area contributed by atoms with Gasteiger partial charge >= 0.3 is 0 Å². The van der Waals surface area contributed by atoms with E-state index in [0.717, 1.165) is 0 Å². The van der Waals surface area contributed by atoms with Crippen LogP contribution in [0.15, 0.2) is 0 Å². The molecule has 0 aromatic heterocycles. The molecule has 1 rings (SSSR count). The van der Waals surface area contributed by atoms with Crippen LogP contribution in [0.1, 0.15) is 40.0 Å². The highest BCUT2D eigenvalue weighted by Crippen LogP contribution is 2.20. The van der Waals surface area contributed by atoms with Gasteiger partial charge in [0.2, 0.25) is 23.6 Å². The SMILES string of the molecule is CSCC[C@H](NC(=O)[C@@H]1CCCN1C(=O)[C@@H](NC(C)=O)C(C)C)C(N)=O. The Labute approximate surface area is 159 Å². The fourth-order valence-corrected chi connectivity index (χ4v) is 3.47. The predicted molar refractivity (Wildman–Crippen MR) is 101 cm³/mol. The van der Waals surface area contributed by atoms with E-state index in [1.54, 1.807) is 11.8 Å². The second-order valence-electron chi connectivity index (χ2n) is 6.86. The molecule has 0 aromatic rings. The average molecular weight is 387 g/mol. The number of hydrogen-bond donors (Lipinski definition) is 3. The molecule has 4 N–H and O–H groups in total. The summed E-state index contributed by atoms with van der Waals surface area (Å²) in [7, 11) is 0. The van der Waals surface area contributed by atoms with Gasteiger partial charge in [0.05, 0.1) is 0 Å². The van der Waals surface area contributed by atoms with E-state index in [0.29, 0.717) is 31.6 Å². The molecule has 0 aliphatic carbocycles. The zero-order valence-corrected chi connectivity index (χ0v) is 16.7. The fourth-order valence-electron chi connectivity index (χ4n) is 3.00. The Bertz CT molecular complexity index is 541. The maximum atomic E-state index is 12.9. The van der Waals surface area contributed by atoms with Crippen molar-refractivity contribution in [2.45, 2.75) is 58.2 Å². The number of amides is 4. The van der Waals surface area contributed by atoms with Crippen LogP contribution in [-0.4, -0.2) is 65.2 Å². The number of nitrogens with two attached hydrogens (primary N) is 1. The van der Waals surface area contributed by atoms with Gasteiger partial charge < -0.3 is 21.3 Å². The van der Waals surface area contributed by atoms with Crippen LogP contribution in [0.5, 0.6) is 0 Å². The summed E-state index contributed by atoms with van der Waals surface area (Å²) in [6.45, 7) is 5.50. The van der Waals surface area contributed by atoms with Crippen LogP contribution in [0.3, 0.4) is 0 Å². The number of likely N-dealkylation sites (tertiary alicyclic amines) is 1. The van der Waals surface area contributed by atoms with Crippen molar-refractivity contribution in [2.75, 3.05) is 18.6 Å². The van der Waals surface area contributed by atoms with Gasteiger partial charge in [-0.25, -0.2) is 0 Å². The number of nitrogens with zero attached hydrogens (tertiary/aromatic N) is 1. The molecular weight excluding hydrogens is 356 g/mol. The molecule has 0 radical (unpaired) electrons. The van der Waals surface area contributed by atoms with Crippen LogP contribution in [0.25, 0.3) is 0 Å². The summed E-state index contributed by atoms with van der Waals surface area (Å²) in [5.41, 5.74) is 5.37. The summed E-state index contributed by atoms with van der Waals surface area (Å²) in [4.78, 5) is 50.0. The third-order valence-corrected chi connectivity index (χ3v) is 5.04. The van der Waals surface area contributed by atoms with Gasteiger partial charge in [-0.3, -0.25) is 19.2 Å². The first-order chi connectivity index (χ1) is 12.2. The maximum absolute atomic E-state index is 12.9. The molecule has 0 unspecified atom stereocenters. The molecule has 9 heteroatoms. The highest BCUT2D eigenvalue weighted by Gasteiger charge is 2.39. The molecule has 1 fully saturated rings. The van der Waals surface area contributed by atoms with E-state index in [1.165, 1.54) is 11.8 Å². The number of carbonyl (C=O) groups is 4. The Morgan fingerprint density at radius 3 is 2.38 bits per heavy atom. The minimum absolute atomic E-state index is 0.101. The molecule has 1 saturated heterocycles. The van der Waals surface area contributed by atoms with Gasteiger partial charge in [0.15, 0.2) is 0 Å². The molecule has 0 aromatic carbocycles. The second-order valence-corrected chi connectivity index (χ2v) is 7.84. The van der Waals surface area contributed by atoms with E-state index in [1.807, 2.05) is 20.1 Å². The Morgan fingerprint density at radius 2 is 1.88 bits per heavy atom. The molecule has 0 saturated carbocycles. The number of nitrogens with one attached hydrogen (secondary N) is 2. The van der Waals surface area contributed by atoms with Crippen LogP contribution in [0, 0.1) is 5.92 Å². The van der Waals surface area contributed by atoms with Crippen molar-refractivity contribution in [1.82, 2.24) is 15.5 Å². The van der Waals surface area contributed by atoms with E-state index in [-0.39, 0.29) is 23.6 Å². The van der Waals surface area contributed by atoms with Crippen molar-refractivity contribution < 1.29 is 19.2 Å². The lowest BCUT2D eigenvalue weighted by Crippen LogP contribution is -2.56. The summed E-state index contributed by atoms with van der Waals surface area (Å²) < 4.78 is 0. The van der Waals surface area contributed by atoms with Crippen molar-refractivity contribution in [3.8, 4) is 0 Å². The molecule has 1 heterocycles. The van der Waals surface area contributed by atoms with Gasteiger partial charge in [0.1, 0.15) is 18.1 Å². The molecule has 3 atom stereocenters. The largest absolute Gasteiger partial charge is 0.368 e. The van der Waals surface area contributed by atoms with Gasteiger partial charge in [-0.1, -0.05) is 13.8 Å². The lowest BCUT2D eigenvalue weighted by atomic mass is 10.0. The molecule has 0 spiro atoms. The lowest BCUT2D eigenvalue weighted by molar-refractivity contribution is -0.142.